The molecule has 0 saturated heterocycles. The number of hydrogen-bond donors (Lipinski definition) is 1. The number of carbonyl (C=O) groups excluding carboxylic acids is 1. The van der Waals surface area contributed by atoms with E-state index in [0.717, 1.165) is 0 Å². The molecular formula is C4H4N3O2. The second-order valence-corrected chi connectivity index (χ2v) is 1.35. The van der Waals surface area contributed by atoms with Gasteiger partial charge in [-0.15, -0.1) is 5.10 Å². The summed E-state index contributed by atoms with van der Waals surface area (Å²) in [5.41, 5.74) is 0.582. The first kappa shape index (κ1) is 5.74. The van der Waals surface area contributed by atoms with Crippen LogP contribution in [0.5, 0.6) is 0 Å². The zero-order chi connectivity index (χ0) is 6.53. The van der Waals surface area contributed by atoms with Crippen LogP contribution in [0.4, 0.5) is 0 Å². The minimum atomic E-state index is 0.312. The molecule has 0 unspecified atom stereocenters. The Hall–Kier alpha value is -1.39. The fraction of sp³-hybridized carbons (Fsp3) is 0.250. The van der Waals surface area contributed by atoms with Gasteiger partial charge >= 0.3 is 6.41 Å². The largest absolute Gasteiger partial charge is 0.345 e. The van der Waals surface area contributed by atoms with E-state index in [-0.39, 0.29) is 0 Å². The van der Waals surface area contributed by atoms with Crippen LogP contribution in [0.2, 0.25) is 0 Å². The van der Waals surface area contributed by atoms with E-state index >= 15 is 0 Å². The minimum Gasteiger partial charge on any atom is -0.345 e. The highest BCUT2D eigenvalue weighted by Gasteiger charge is 1.93. The Balaban J connectivity index is 2.38. The number of aromatic nitrogens is 2. The van der Waals surface area contributed by atoms with Crippen molar-refractivity contribution in [2.24, 2.45) is 0 Å². The van der Waals surface area contributed by atoms with Gasteiger partial charge in [-0.1, -0.05) is 0 Å². The molecule has 0 aliphatic carbocycles. The number of hydrogen-bond acceptors (Lipinski definition) is 4. The zero-order valence-electron chi connectivity index (χ0n) is 4.50. The van der Waals surface area contributed by atoms with Gasteiger partial charge in [0.15, 0.2) is 0 Å². The summed E-state index contributed by atoms with van der Waals surface area (Å²) in [5.74, 6) is 0. The van der Waals surface area contributed by atoms with Crippen LogP contribution in [0.25, 0.3) is 0 Å². The molecule has 9 heavy (non-hydrogen) atoms. The standard InChI is InChI=1S/C4H4N3O2/c8-3-5-1-4-2-9-7-6-4/h2H,1H2,(H,5,8). The van der Waals surface area contributed by atoms with E-state index < -0.39 is 0 Å². The fourth-order valence-corrected chi connectivity index (χ4v) is 0.388. The molecule has 5 nitrogen and oxygen atoms in total. The average molecular weight is 126 g/mol. The van der Waals surface area contributed by atoms with E-state index in [2.05, 4.69) is 20.2 Å². The van der Waals surface area contributed by atoms with Gasteiger partial charge in [-0.25, -0.2) is 0 Å². The summed E-state index contributed by atoms with van der Waals surface area (Å²) in [7, 11) is 0. The quantitative estimate of drug-likeness (QED) is 0.540. The maximum absolute atomic E-state index is 9.59. The minimum absolute atomic E-state index is 0.312. The summed E-state index contributed by atoms with van der Waals surface area (Å²) in [6, 6.07) is 0. The smallest absolute Gasteiger partial charge is 0.309 e. The van der Waals surface area contributed by atoms with Crippen LogP contribution in [-0.2, 0) is 11.3 Å². The van der Waals surface area contributed by atoms with E-state index in [1.165, 1.54) is 12.7 Å². The Labute approximate surface area is 51.0 Å². The molecule has 0 aliphatic rings. The first-order chi connectivity index (χ1) is 4.43. The fourth-order valence-electron chi connectivity index (χ4n) is 0.388. The maximum Gasteiger partial charge on any atom is 0.309 e. The molecule has 1 rings (SSSR count). The van der Waals surface area contributed by atoms with E-state index in [0.29, 0.717) is 12.2 Å². The molecule has 1 N–H and O–H groups in total. The van der Waals surface area contributed by atoms with Crippen LogP contribution in [0, 0.1) is 0 Å². The lowest BCUT2D eigenvalue weighted by molar-refractivity contribution is 0.392. The van der Waals surface area contributed by atoms with E-state index in [4.69, 9.17) is 0 Å². The van der Waals surface area contributed by atoms with Gasteiger partial charge in [0.1, 0.15) is 12.0 Å². The molecule has 1 amide bonds. The lowest BCUT2D eigenvalue weighted by Crippen LogP contribution is -2.09. The van der Waals surface area contributed by atoms with E-state index in [9.17, 15) is 4.79 Å². The summed E-state index contributed by atoms with van der Waals surface area (Å²) in [4.78, 5) is 9.59. The molecule has 1 heterocycles. The highest BCUT2D eigenvalue weighted by Crippen LogP contribution is 1.87. The summed E-state index contributed by atoms with van der Waals surface area (Å²) in [6.45, 7) is 0.312. The van der Waals surface area contributed by atoms with Crippen molar-refractivity contribution < 1.29 is 9.32 Å². The summed E-state index contributed by atoms with van der Waals surface area (Å²) < 4.78 is 4.38. The molecule has 5 heteroatoms. The number of rotatable bonds is 3. The summed E-state index contributed by atoms with van der Waals surface area (Å²) in [6.07, 6.45) is 2.85. The molecule has 47 valence electrons. The van der Waals surface area contributed by atoms with Crippen molar-refractivity contribution in [1.29, 1.82) is 0 Å². The Morgan fingerprint density at radius 1 is 1.89 bits per heavy atom. The Morgan fingerprint density at radius 3 is 3.33 bits per heavy atom. The highest BCUT2D eigenvalue weighted by molar-refractivity contribution is 5.46. The number of nitrogens with one attached hydrogen (secondary N) is 1. The van der Waals surface area contributed by atoms with Crippen LogP contribution in [0.1, 0.15) is 5.69 Å². The molecule has 0 aliphatic heterocycles. The van der Waals surface area contributed by atoms with Gasteiger partial charge in [-0.2, -0.15) is 0 Å². The Bertz CT molecular complexity index is 172. The molecule has 1 aromatic heterocycles. The van der Waals surface area contributed by atoms with Crippen LogP contribution < -0.4 is 5.32 Å². The molecule has 0 atom stereocenters. The lowest BCUT2D eigenvalue weighted by Gasteiger charge is -1.85. The van der Waals surface area contributed by atoms with E-state index in [1.807, 2.05) is 0 Å². The van der Waals surface area contributed by atoms with Crippen LogP contribution in [0.15, 0.2) is 10.8 Å². The normalized spacial score (nSPS) is 8.89. The first-order valence-electron chi connectivity index (χ1n) is 2.29. The third-order valence-corrected chi connectivity index (χ3v) is 0.747. The van der Waals surface area contributed by atoms with Gasteiger partial charge in [0, 0.05) is 5.27 Å². The van der Waals surface area contributed by atoms with Gasteiger partial charge in [0.25, 0.3) is 0 Å². The van der Waals surface area contributed by atoms with Gasteiger partial charge in [0.2, 0.25) is 0 Å². The Kier molecular flexibility index (Phi) is 1.79. The molecule has 0 spiro atoms. The molecular weight excluding hydrogens is 122 g/mol. The Morgan fingerprint density at radius 2 is 2.78 bits per heavy atom. The lowest BCUT2D eigenvalue weighted by atomic mass is 10.5. The summed E-state index contributed by atoms with van der Waals surface area (Å²) >= 11 is 0. The van der Waals surface area contributed by atoms with Crippen molar-refractivity contribution >= 4 is 6.41 Å². The second kappa shape index (κ2) is 2.81. The number of nitrogens with zero attached hydrogens (tertiary/aromatic N) is 2. The SMILES string of the molecule is O=[C]NCc1conn1. The van der Waals surface area contributed by atoms with Crippen LogP contribution in [0.3, 0.4) is 0 Å². The summed E-state index contributed by atoms with van der Waals surface area (Å²) in [5, 5.41) is 8.96. The van der Waals surface area contributed by atoms with Crippen LogP contribution in [-0.4, -0.2) is 16.8 Å². The second-order valence-electron chi connectivity index (χ2n) is 1.35. The van der Waals surface area contributed by atoms with Gasteiger partial charge in [-0.3, -0.25) is 4.79 Å². The highest BCUT2D eigenvalue weighted by atomic mass is 16.5. The number of amides is 1. The molecule has 0 bridgehead atoms. The molecule has 0 saturated carbocycles. The van der Waals surface area contributed by atoms with Gasteiger partial charge in [0.05, 0.1) is 6.54 Å². The maximum atomic E-state index is 9.59. The molecule has 1 radical (unpaired) electrons. The molecule has 0 fully saturated rings. The average Bonchev–Trinajstić information content (AvgIpc) is 2.34. The van der Waals surface area contributed by atoms with Crippen molar-refractivity contribution in [2.45, 2.75) is 6.54 Å². The van der Waals surface area contributed by atoms with Crippen molar-refractivity contribution in [2.75, 3.05) is 0 Å². The van der Waals surface area contributed by atoms with Gasteiger partial charge < -0.3 is 9.84 Å². The van der Waals surface area contributed by atoms with Gasteiger partial charge in [-0.05, 0) is 0 Å². The zero-order valence-corrected chi connectivity index (χ0v) is 4.50. The molecule has 0 aromatic carbocycles. The van der Waals surface area contributed by atoms with Crippen LogP contribution >= 0.6 is 0 Å². The van der Waals surface area contributed by atoms with Crippen molar-refractivity contribution in [3.63, 3.8) is 0 Å². The van der Waals surface area contributed by atoms with Crippen molar-refractivity contribution in [3.8, 4) is 0 Å². The predicted molar refractivity (Wildman–Crippen MR) is 26.8 cm³/mol. The molecule has 1 aromatic rings. The first-order valence-corrected chi connectivity index (χ1v) is 2.29. The third-order valence-electron chi connectivity index (χ3n) is 0.747. The van der Waals surface area contributed by atoms with E-state index in [1.54, 1.807) is 0 Å². The van der Waals surface area contributed by atoms with Crippen molar-refractivity contribution in [1.82, 2.24) is 15.7 Å². The van der Waals surface area contributed by atoms with Crippen molar-refractivity contribution in [3.05, 3.63) is 12.0 Å². The monoisotopic (exact) mass is 126 g/mol. The third kappa shape index (κ3) is 1.52. The predicted octanol–water partition coefficient (Wildman–Crippen LogP) is -0.774. The topological polar surface area (TPSA) is 68.0 Å².